The van der Waals surface area contributed by atoms with Crippen LogP contribution in [-0.2, 0) is 30.3 Å². The molecule has 0 saturated carbocycles. The number of ether oxygens (including phenoxy) is 2. The van der Waals surface area contributed by atoms with Crippen molar-refractivity contribution < 1.29 is 38.6 Å². The molecule has 1 aliphatic heterocycles. The van der Waals surface area contributed by atoms with Crippen molar-refractivity contribution in [3.63, 3.8) is 0 Å². The Morgan fingerprint density at radius 3 is 2.29 bits per heavy atom. The molecule has 0 aromatic heterocycles. The van der Waals surface area contributed by atoms with Crippen LogP contribution in [0.25, 0.3) is 0 Å². The van der Waals surface area contributed by atoms with E-state index in [1.807, 2.05) is 0 Å². The zero-order valence-electron chi connectivity index (χ0n) is 21.6. The highest BCUT2D eigenvalue weighted by atomic mass is 16.6. The van der Waals surface area contributed by atoms with Crippen molar-refractivity contribution in [2.45, 2.75) is 51.3 Å². The molecule has 3 unspecified atom stereocenters. The van der Waals surface area contributed by atoms with E-state index in [2.05, 4.69) is 5.32 Å². The van der Waals surface area contributed by atoms with Crippen LogP contribution >= 0.6 is 0 Å². The molecule has 38 heavy (non-hydrogen) atoms. The fourth-order valence-corrected chi connectivity index (χ4v) is 4.76. The third kappa shape index (κ3) is 5.93. The summed E-state index contributed by atoms with van der Waals surface area (Å²) < 4.78 is 10.7. The van der Waals surface area contributed by atoms with Gasteiger partial charge in [0.1, 0.15) is 17.9 Å². The van der Waals surface area contributed by atoms with Gasteiger partial charge >= 0.3 is 23.9 Å². The van der Waals surface area contributed by atoms with E-state index in [9.17, 15) is 29.1 Å². The van der Waals surface area contributed by atoms with Crippen molar-refractivity contribution >= 4 is 41.6 Å². The Morgan fingerprint density at radius 1 is 1.11 bits per heavy atom. The molecule has 1 heterocycles. The molecule has 11 heteroatoms. The van der Waals surface area contributed by atoms with Crippen molar-refractivity contribution in [3.8, 4) is 0 Å². The SMILES string of the molecule is COC(=O)C1CC(C(=O)OC(C)(C)C)N(c2c(C(=O)O)ccc(CC=O)c2NC(N)=O)C1c1ccccc1. The first-order valence-corrected chi connectivity index (χ1v) is 11.9. The summed E-state index contributed by atoms with van der Waals surface area (Å²) >= 11 is 0. The molecule has 2 aromatic carbocycles. The fourth-order valence-electron chi connectivity index (χ4n) is 4.76. The maximum absolute atomic E-state index is 13.6. The van der Waals surface area contributed by atoms with Gasteiger partial charge in [-0.1, -0.05) is 36.4 Å². The van der Waals surface area contributed by atoms with Gasteiger partial charge in [0.2, 0.25) is 0 Å². The van der Waals surface area contributed by atoms with Crippen LogP contribution < -0.4 is 16.0 Å². The van der Waals surface area contributed by atoms with Crippen LogP contribution in [-0.4, -0.2) is 54.1 Å². The number of amides is 2. The predicted molar refractivity (Wildman–Crippen MR) is 138 cm³/mol. The number of aromatic carboxylic acids is 1. The smallest absolute Gasteiger partial charge is 0.337 e. The predicted octanol–water partition coefficient (Wildman–Crippen LogP) is 3.07. The lowest BCUT2D eigenvalue weighted by molar-refractivity contribution is -0.156. The Bertz CT molecular complexity index is 1240. The number of nitrogens with one attached hydrogen (secondary N) is 1. The van der Waals surface area contributed by atoms with Crippen LogP contribution in [0.2, 0.25) is 0 Å². The second-order valence-corrected chi connectivity index (χ2v) is 9.84. The van der Waals surface area contributed by atoms with E-state index in [0.29, 0.717) is 11.8 Å². The molecule has 4 N–H and O–H groups in total. The van der Waals surface area contributed by atoms with Gasteiger partial charge in [-0.05, 0) is 44.4 Å². The Morgan fingerprint density at radius 2 is 1.76 bits per heavy atom. The van der Waals surface area contributed by atoms with E-state index in [0.717, 1.165) is 0 Å². The monoisotopic (exact) mass is 525 g/mol. The van der Waals surface area contributed by atoms with Gasteiger partial charge in [0.25, 0.3) is 0 Å². The number of hydrogen-bond donors (Lipinski definition) is 3. The number of carboxylic acids is 1. The third-order valence-electron chi connectivity index (χ3n) is 6.12. The molecule has 202 valence electrons. The molecule has 0 radical (unpaired) electrons. The number of methoxy groups -OCH3 is 1. The minimum atomic E-state index is -1.36. The molecule has 2 amide bonds. The lowest BCUT2D eigenvalue weighted by atomic mass is 9.92. The molecular formula is C27H31N3O8. The Balaban J connectivity index is 2.41. The molecule has 11 nitrogen and oxygen atoms in total. The highest BCUT2D eigenvalue weighted by Crippen LogP contribution is 2.49. The number of urea groups is 1. The van der Waals surface area contributed by atoms with Crippen LogP contribution in [0.1, 0.15) is 54.7 Å². The average molecular weight is 526 g/mol. The highest BCUT2D eigenvalue weighted by molar-refractivity contribution is 6.05. The summed E-state index contributed by atoms with van der Waals surface area (Å²) in [5.74, 6) is -3.58. The van der Waals surface area contributed by atoms with E-state index in [1.54, 1.807) is 51.1 Å². The van der Waals surface area contributed by atoms with E-state index >= 15 is 0 Å². The first-order valence-electron chi connectivity index (χ1n) is 11.9. The van der Waals surface area contributed by atoms with E-state index < -0.39 is 47.5 Å². The molecule has 1 aliphatic rings. The Kier molecular flexibility index (Phi) is 8.39. The number of primary amides is 1. The summed E-state index contributed by atoms with van der Waals surface area (Å²) in [5, 5.41) is 12.6. The number of carbonyl (C=O) groups excluding carboxylic acids is 4. The lowest BCUT2D eigenvalue weighted by Crippen LogP contribution is -2.43. The number of nitrogens with zero attached hydrogens (tertiary/aromatic N) is 1. The van der Waals surface area contributed by atoms with Gasteiger partial charge < -0.3 is 35.3 Å². The molecule has 1 saturated heterocycles. The summed E-state index contributed by atoms with van der Waals surface area (Å²) in [7, 11) is 1.23. The van der Waals surface area contributed by atoms with Crippen molar-refractivity contribution in [3.05, 3.63) is 59.2 Å². The van der Waals surface area contributed by atoms with Crippen LogP contribution in [0.4, 0.5) is 16.2 Å². The standard InChI is InChI=1S/C27H31N3O8/c1-27(2,3)38-25(35)19-14-18(24(34)37-4)21(16-8-6-5-7-9-16)30(19)22-17(23(32)33)11-10-15(12-13-31)20(22)29-26(28)36/h5-11,13,18-19,21H,12,14H2,1-4H3,(H,32,33)(H3,28,29,36). The van der Waals surface area contributed by atoms with Gasteiger partial charge in [-0.25, -0.2) is 14.4 Å². The number of esters is 2. The minimum Gasteiger partial charge on any atom is -0.478 e. The largest absolute Gasteiger partial charge is 0.478 e. The van der Waals surface area contributed by atoms with Gasteiger partial charge in [-0.3, -0.25) is 4.79 Å². The van der Waals surface area contributed by atoms with E-state index in [1.165, 1.54) is 24.1 Å². The summed E-state index contributed by atoms with van der Waals surface area (Å²) in [6.07, 6.45) is 0.352. The average Bonchev–Trinajstić information content (AvgIpc) is 3.24. The van der Waals surface area contributed by atoms with Crippen LogP contribution in [0.5, 0.6) is 0 Å². The van der Waals surface area contributed by atoms with Crippen molar-refractivity contribution in [2.75, 3.05) is 17.3 Å². The van der Waals surface area contributed by atoms with Gasteiger partial charge in [0, 0.05) is 6.42 Å². The number of aldehydes is 1. The minimum absolute atomic E-state index is 0.0514. The molecule has 2 aromatic rings. The maximum atomic E-state index is 13.6. The van der Waals surface area contributed by atoms with Gasteiger partial charge in [0.15, 0.2) is 0 Å². The molecule has 0 spiro atoms. The highest BCUT2D eigenvalue weighted by Gasteiger charge is 2.51. The molecule has 3 rings (SSSR count). The molecule has 0 aliphatic carbocycles. The van der Waals surface area contributed by atoms with Crippen LogP contribution in [0.3, 0.4) is 0 Å². The lowest BCUT2D eigenvalue weighted by Gasteiger charge is -2.36. The zero-order valence-corrected chi connectivity index (χ0v) is 21.6. The van der Waals surface area contributed by atoms with Gasteiger partial charge in [-0.2, -0.15) is 0 Å². The summed E-state index contributed by atoms with van der Waals surface area (Å²) in [6, 6.07) is 8.36. The first-order chi connectivity index (χ1) is 17.9. The summed E-state index contributed by atoms with van der Waals surface area (Å²) in [4.78, 5) is 64.0. The van der Waals surface area contributed by atoms with Gasteiger partial charge in [0.05, 0.1) is 36.0 Å². The quantitative estimate of drug-likeness (QED) is 0.347. The maximum Gasteiger partial charge on any atom is 0.337 e. The normalized spacial score (nSPS) is 18.9. The van der Waals surface area contributed by atoms with Crippen molar-refractivity contribution in [2.24, 2.45) is 11.7 Å². The first kappa shape index (κ1) is 28.2. The van der Waals surface area contributed by atoms with Crippen molar-refractivity contribution in [1.29, 1.82) is 0 Å². The number of rotatable bonds is 8. The Hall–Kier alpha value is -4.41. The number of anilines is 2. The summed E-state index contributed by atoms with van der Waals surface area (Å²) in [5.41, 5.74) is 5.01. The third-order valence-corrected chi connectivity index (χ3v) is 6.12. The van der Waals surface area contributed by atoms with Crippen LogP contribution in [0.15, 0.2) is 42.5 Å². The van der Waals surface area contributed by atoms with Gasteiger partial charge in [-0.15, -0.1) is 0 Å². The van der Waals surface area contributed by atoms with Crippen molar-refractivity contribution in [1.82, 2.24) is 0 Å². The van der Waals surface area contributed by atoms with E-state index in [4.69, 9.17) is 15.2 Å². The second-order valence-electron chi connectivity index (χ2n) is 9.84. The molecule has 3 atom stereocenters. The number of nitrogens with two attached hydrogens (primary N) is 1. The number of carbonyl (C=O) groups is 5. The van der Waals surface area contributed by atoms with E-state index in [-0.39, 0.29) is 35.3 Å². The molecule has 0 bridgehead atoms. The Labute approximate surface area is 219 Å². The zero-order chi connectivity index (χ0) is 28.2. The van der Waals surface area contributed by atoms with Crippen LogP contribution in [0, 0.1) is 5.92 Å². The second kappa shape index (κ2) is 11.3. The molecule has 1 fully saturated rings. The fraction of sp³-hybridized carbons (Fsp3) is 0.370. The summed E-state index contributed by atoms with van der Waals surface area (Å²) in [6.45, 7) is 5.05. The number of hydrogen-bond acceptors (Lipinski definition) is 8. The molecular weight excluding hydrogens is 494 g/mol. The topological polar surface area (TPSA) is 165 Å². The number of carboxylic acid groups (broad SMARTS) is 1. The number of benzene rings is 2.